The third kappa shape index (κ3) is 4.73. The molecule has 0 bridgehead atoms. The third-order valence-corrected chi connectivity index (χ3v) is 11.3. The van der Waals surface area contributed by atoms with Crippen molar-refractivity contribution in [1.29, 1.82) is 0 Å². The number of hydrogen-bond donors (Lipinski definition) is 0. The van der Waals surface area contributed by atoms with Crippen LogP contribution in [0.2, 0.25) is 0 Å². The first-order valence-electron chi connectivity index (χ1n) is 18.6. The molecular formula is C50H35N3O. The second-order valence-corrected chi connectivity index (χ2v) is 14.6. The first kappa shape index (κ1) is 30.7. The lowest BCUT2D eigenvalue weighted by atomic mass is 9.78. The number of allylic oxidation sites excluding steroid dienone is 2. The number of benzene rings is 7. The molecule has 0 fully saturated rings. The fraction of sp³-hybridized carbons (Fsp3) is 0.0600. The van der Waals surface area contributed by atoms with Crippen molar-refractivity contribution in [2.75, 3.05) is 0 Å². The van der Waals surface area contributed by atoms with Crippen LogP contribution in [0.15, 0.2) is 188 Å². The van der Waals surface area contributed by atoms with Crippen molar-refractivity contribution >= 4 is 38.4 Å². The highest BCUT2D eigenvalue weighted by molar-refractivity contribution is 6.10. The Kier molecular flexibility index (Phi) is 6.71. The Balaban J connectivity index is 0.952. The van der Waals surface area contributed by atoms with E-state index in [2.05, 4.69) is 192 Å². The molecule has 0 spiro atoms. The van der Waals surface area contributed by atoms with Gasteiger partial charge in [0.15, 0.2) is 0 Å². The minimum atomic E-state index is -0.446. The van der Waals surface area contributed by atoms with Gasteiger partial charge in [0.2, 0.25) is 0 Å². The molecule has 9 aromatic rings. The molecule has 3 heterocycles. The highest BCUT2D eigenvalue weighted by Crippen LogP contribution is 2.51. The van der Waals surface area contributed by atoms with E-state index in [1.54, 1.807) is 0 Å². The predicted octanol–water partition coefficient (Wildman–Crippen LogP) is 12.3. The van der Waals surface area contributed by atoms with Gasteiger partial charge < -0.3 is 9.30 Å². The van der Waals surface area contributed by atoms with Gasteiger partial charge in [-0.25, -0.2) is 4.98 Å². The molecule has 4 nitrogen and oxygen atoms in total. The Labute approximate surface area is 313 Å². The van der Waals surface area contributed by atoms with Gasteiger partial charge in [0.25, 0.3) is 0 Å². The summed E-state index contributed by atoms with van der Waals surface area (Å²) in [6, 6.07) is 60.5. The lowest BCUT2D eigenvalue weighted by Gasteiger charge is -2.29. The van der Waals surface area contributed by atoms with Crippen LogP contribution in [0, 0.1) is 0 Å². The zero-order chi connectivity index (χ0) is 35.8. The molecule has 0 radical (unpaired) electrons. The van der Waals surface area contributed by atoms with Crippen LogP contribution in [0.3, 0.4) is 0 Å². The van der Waals surface area contributed by atoms with Crippen LogP contribution in [0.5, 0.6) is 5.75 Å². The molecule has 0 saturated carbocycles. The number of para-hydroxylation sites is 5. The van der Waals surface area contributed by atoms with Crippen LogP contribution in [-0.4, -0.2) is 19.7 Å². The first-order chi connectivity index (χ1) is 26.6. The maximum atomic E-state index is 6.67. The normalized spacial score (nSPS) is 17.4. The van der Waals surface area contributed by atoms with Crippen LogP contribution in [0.4, 0.5) is 0 Å². The predicted molar refractivity (Wildman–Crippen MR) is 222 cm³/mol. The van der Waals surface area contributed by atoms with Gasteiger partial charge in [-0.1, -0.05) is 115 Å². The van der Waals surface area contributed by atoms with Crippen molar-refractivity contribution in [3.63, 3.8) is 0 Å². The van der Waals surface area contributed by atoms with Crippen molar-refractivity contribution < 1.29 is 4.74 Å². The molecule has 1 aliphatic carbocycles. The number of nitrogens with zero attached hydrogens (tertiary/aromatic N) is 3. The van der Waals surface area contributed by atoms with Gasteiger partial charge in [-0.05, 0) is 102 Å². The van der Waals surface area contributed by atoms with Crippen molar-refractivity contribution in [2.24, 2.45) is 0 Å². The summed E-state index contributed by atoms with van der Waals surface area (Å²) in [6.07, 6.45) is 6.84. The van der Waals surface area contributed by atoms with Gasteiger partial charge in [0.05, 0.1) is 22.1 Å². The largest absolute Gasteiger partial charge is 0.482 e. The van der Waals surface area contributed by atoms with E-state index in [1.165, 1.54) is 55.3 Å². The van der Waals surface area contributed by atoms with Crippen molar-refractivity contribution in [1.82, 2.24) is 14.1 Å². The van der Waals surface area contributed by atoms with Crippen LogP contribution >= 0.6 is 0 Å². The van der Waals surface area contributed by atoms with Crippen LogP contribution in [-0.2, 0) is 0 Å². The molecule has 0 amide bonds. The van der Waals surface area contributed by atoms with Gasteiger partial charge in [0, 0.05) is 39.2 Å². The number of ether oxygens (including phenoxy) is 1. The lowest BCUT2D eigenvalue weighted by molar-refractivity contribution is 0.155. The van der Waals surface area contributed by atoms with Crippen LogP contribution in [0.25, 0.3) is 72.3 Å². The number of aromatic nitrogens is 3. The fourth-order valence-electron chi connectivity index (χ4n) is 8.63. The second kappa shape index (κ2) is 11.8. The van der Waals surface area contributed by atoms with Gasteiger partial charge in [-0.2, -0.15) is 0 Å². The molecule has 1 aliphatic heterocycles. The monoisotopic (exact) mass is 693 g/mol. The summed E-state index contributed by atoms with van der Waals surface area (Å²) in [4.78, 5) is 5.08. The maximum Gasteiger partial charge on any atom is 0.145 e. The van der Waals surface area contributed by atoms with Crippen molar-refractivity contribution in [3.05, 3.63) is 199 Å². The lowest BCUT2D eigenvalue weighted by Crippen LogP contribution is -2.32. The molecular weight excluding hydrogens is 659 g/mol. The SMILES string of the molecule is CC12C=CC(c3ccc(-c4nc5ccccc5n4-c4ccccc4)cc3)=CC1c1cc(-c3ccc4c(c3)c3ccccc3n4-c3ccccc3)ccc1O2. The minimum Gasteiger partial charge on any atom is -0.482 e. The molecule has 54 heavy (non-hydrogen) atoms. The Morgan fingerprint density at radius 1 is 0.537 bits per heavy atom. The zero-order valence-corrected chi connectivity index (χ0v) is 29.7. The summed E-state index contributed by atoms with van der Waals surface area (Å²) in [5.74, 6) is 1.96. The number of imidazole rings is 1. The molecule has 7 aromatic carbocycles. The number of hydrogen-bond acceptors (Lipinski definition) is 2. The molecule has 0 saturated heterocycles. The Morgan fingerprint density at radius 3 is 1.94 bits per heavy atom. The molecule has 256 valence electrons. The molecule has 2 aliphatic rings. The van der Waals surface area contributed by atoms with E-state index in [1.807, 2.05) is 12.1 Å². The topological polar surface area (TPSA) is 32.0 Å². The summed E-state index contributed by atoms with van der Waals surface area (Å²) in [5, 5.41) is 2.50. The van der Waals surface area contributed by atoms with Crippen molar-refractivity contribution in [2.45, 2.75) is 18.4 Å². The summed E-state index contributed by atoms with van der Waals surface area (Å²) in [7, 11) is 0. The summed E-state index contributed by atoms with van der Waals surface area (Å²) < 4.78 is 11.3. The molecule has 2 atom stereocenters. The average molecular weight is 694 g/mol. The number of fused-ring (bicyclic) bond motifs is 7. The molecule has 0 N–H and O–H groups in total. The van der Waals surface area contributed by atoms with Gasteiger partial charge >= 0.3 is 0 Å². The van der Waals surface area contributed by atoms with E-state index >= 15 is 0 Å². The van der Waals surface area contributed by atoms with E-state index in [0.29, 0.717) is 0 Å². The van der Waals surface area contributed by atoms with Gasteiger partial charge in [0.1, 0.15) is 17.2 Å². The number of rotatable bonds is 5. The smallest absolute Gasteiger partial charge is 0.145 e. The molecule has 4 heteroatoms. The Bertz CT molecular complexity index is 2970. The first-order valence-corrected chi connectivity index (χ1v) is 18.6. The standard InChI is InChI=1S/C50H35N3O/c1-50-29-28-37(33-20-22-34(23-21-33)49-51-44-17-9-11-19-47(44)53(49)39-14-6-3-7-15-39)32-43(50)42-31-36(25-27-48(42)54-50)35-24-26-46-41(30-35)40-16-8-10-18-45(40)52(46)38-12-4-2-5-13-38/h2-32,43H,1H3. The summed E-state index contributed by atoms with van der Waals surface area (Å²) >= 11 is 0. The van der Waals surface area contributed by atoms with E-state index in [-0.39, 0.29) is 5.92 Å². The van der Waals surface area contributed by atoms with Crippen molar-refractivity contribution in [3.8, 4) is 39.6 Å². The second-order valence-electron chi connectivity index (χ2n) is 14.6. The van der Waals surface area contributed by atoms with Crippen LogP contribution in [0.1, 0.15) is 24.0 Å². The molecule has 2 unspecified atom stereocenters. The minimum absolute atomic E-state index is 0.0816. The molecule has 11 rings (SSSR count). The summed E-state index contributed by atoms with van der Waals surface area (Å²) in [6.45, 7) is 2.20. The van der Waals surface area contributed by atoms with E-state index in [0.717, 1.165) is 33.9 Å². The average Bonchev–Trinajstić information content (AvgIpc) is 3.88. The fourth-order valence-corrected chi connectivity index (χ4v) is 8.63. The van der Waals surface area contributed by atoms with E-state index < -0.39 is 5.60 Å². The van der Waals surface area contributed by atoms with Crippen LogP contribution < -0.4 is 4.74 Å². The zero-order valence-electron chi connectivity index (χ0n) is 29.7. The highest BCUT2D eigenvalue weighted by Gasteiger charge is 2.43. The molecule has 2 aromatic heterocycles. The Morgan fingerprint density at radius 2 is 1.15 bits per heavy atom. The quantitative estimate of drug-likeness (QED) is 0.180. The maximum absolute atomic E-state index is 6.67. The van der Waals surface area contributed by atoms with Gasteiger partial charge in [-0.3, -0.25) is 4.57 Å². The van der Waals surface area contributed by atoms with E-state index in [4.69, 9.17) is 9.72 Å². The van der Waals surface area contributed by atoms with Gasteiger partial charge in [-0.15, -0.1) is 0 Å². The Hall–Kier alpha value is -6.91. The van der Waals surface area contributed by atoms with E-state index in [9.17, 15) is 0 Å². The summed E-state index contributed by atoms with van der Waals surface area (Å²) in [5.41, 5.74) is 13.4. The highest BCUT2D eigenvalue weighted by atomic mass is 16.5. The third-order valence-electron chi connectivity index (χ3n) is 11.3.